The molecule has 0 amide bonds. The standard InChI is InChI=1S/C16H26O2/c1-4-5-7-13(2)8-6-11-16(3)14(12-17)9-10-15(16)18/h8,12,14H,4-7,9-11H2,1-3H3/b13-8+/t14-,16-/m0/s1. The summed E-state index contributed by atoms with van der Waals surface area (Å²) in [6.45, 7) is 6.32. The fourth-order valence-corrected chi connectivity index (χ4v) is 2.82. The molecule has 1 saturated carbocycles. The predicted molar refractivity (Wildman–Crippen MR) is 74.4 cm³/mol. The highest BCUT2D eigenvalue weighted by atomic mass is 16.1. The Labute approximate surface area is 111 Å². The Morgan fingerprint density at radius 2 is 2.22 bits per heavy atom. The van der Waals surface area contributed by atoms with Gasteiger partial charge >= 0.3 is 0 Å². The van der Waals surface area contributed by atoms with Crippen LogP contribution in [0.15, 0.2) is 11.6 Å². The van der Waals surface area contributed by atoms with Crippen LogP contribution in [0.5, 0.6) is 0 Å². The van der Waals surface area contributed by atoms with Crippen LogP contribution in [0.1, 0.15) is 65.7 Å². The number of Topliss-reactive ketones (excluding diaryl/α,β-unsaturated/α-hetero) is 1. The average Bonchev–Trinajstić information content (AvgIpc) is 2.63. The molecule has 1 rings (SSSR count). The van der Waals surface area contributed by atoms with Gasteiger partial charge < -0.3 is 4.79 Å². The molecule has 2 heteroatoms. The number of allylic oxidation sites excluding steroid dienone is 2. The molecule has 2 nitrogen and oxygen atoms in total. The van der Waals surface area contributed by atoms with E-state index < -0.39 is 5.41 Å². The zero-order valence-corrected chi connectivity index (χ0v) is 12.0. The second-order valence-electron chi connectivity index (χ2n) is 5.81. The van der Waals surface area contributed by atoms with Gasteiger partial charge in [-0.1, -0.05) is 31.9 Å². The minimum absolute atomic E-state index is 0.0608. The Morgan fingerprint density at radius 1 is 1.50 bits per heavy atom. The van der Waals surface area contributed by atoms with E-state index in [4.69, 9.17) is 0 Å². The third-order valence-corrected chi connectivity index (χ3v) is 4.38. The summed E-state index contributed by atoms with van der Waals surface area (Å²) in [5.74, 6) is 0.216. The molecule has 0 aromatic carbocycles. The number of hydrogen-bond donors (Lipinski definition) is 0. The molecule has 0 bridgehead atoms. The minimum Gasteiger partial charge on any atom is -0.303 e. The highest BCUT2D eigenvalue weighted by molar-refractivity contribution is 5.90. The first-order valence-electron chi connectivity index (χ1n) is 7.18. The van der Waals surface area contributed by atoms with Crippen molar-refractivity contribution in [2.75, 3.05) is 0 Å². The number of hydrogen-bond acceptors (Lipinski definition) is 2. The Balaban J connectivity index is 2.51. The summed E-state index contributed by atoms with van der Waals surface area (Å²) in [6.07, 6.45) is 9.89. The van der Waals surface area contributed by atoms with Crippen molar-refractivity contribution < 1.29 is 9.59 Å². The van der Waals surface area contributed by atoms with Gasteiger partial charge in [0, 0.05) is 17.8 Å². The van der Waals surface area contributed by atoms with Gasteiger partial charge in [0.25, 0.3) is 0 Å². The number of carbonyl (C=O) groups is 2. The molecule has 1 aliphatic rings. The second kappa shape index (κ2) is 6.86. The van der Waals surface area contributed by atoms with E-state index in [-0.39, 0.29) is 11.7 Å². The van der Waals surface area contributed by atoms with Gasteiger partial charge in [0.05, 0.1) is 0 Å². The van der Waals surface area contributed by atoms with E-state index in [1.54, 1.807) is 0 Å². The molecule has 0 aromatic rings. The van der Waals surface area contributed by atoms with E-state index in [9.17, 15) is 9.59 Å². The largest absolute Gasteiger partial charge is 0.303 e. The molecule has 102 valence electrons. The predicted octanol–water partition coefficient (Wildman–Crippen LogP) is 4.09. The van der Waals surface area contributed by atoms with Crippen LogP contribution in [0.25, 0.3) is 0 Å². The third-order valence-electron chi connectivity index (χ3n) is 4.38. The average molecular weight is 250 g/mol. The van der Waals surface area contributed by atoms with Crippen molar-refractivity contribution in [2.24, 2.45) is 11.3 Å². The van der Waals surface area contributed by atoms with Crippen molar-refractivity contribution in [3.8, 4) is 0 Å². The quantitative estimate of drug-likeness (QED) is 0.504. The van der Waals surface area contributed by atoms with E-state index in [1.165, 1.54) is 18.4 Å². The van der Waals surface area contributed by atoms with E-state index in [2.05, 4.69) is 19.9 Å². The van der Waals surface area contributed by atoms with E-state index >= 15 is 0 Å². The molecule has 0 aliphatic heterocycles. The topological polar surface area (TPSA) is 34.1 Å². The van der Waals surface area contributed by atoms with Crippen LogP contribution >= 0.6 is 0 Å². The van der Waals surface area contributed by atoms with Crippen molar-refractivity contribution in [3.05, 3.63) is 11.6 Å². The van der Waals surface area contributed by atoms with Crippen LogP contribution in [-0.2, 0) is 9.59 Å². The SMILES string of the molecule is CCCC/C(C)=C/CC[C@]1(C)C(=O)CC[C@H]1C=O. The molecule has 0 unspecified atom stereocenters. The fourth-order valence-electron chi connectivity index (χ4n) is 2.82. The minimum atomic E-state index is -0.400. The Morgan fingerprint density at radius 3 is 2.83 bits per heavy atom. The van der Waals surface area contributed by atoms with Gasteiger partial charge in [0.2, 0.25) is 0 Å². The van der Waals surface area contributed by atoms with Crippen molar-refractivity contribution in [1.29, 1.82) is 0 Å². The van der Waals surface area contributed by atoms with Crippen LogP contribution in [-0.4, -0.2) is 12.1 Å². The summed E-state index contributed by atoms with van der Waals surface area (Å²) < 4.78 is 0. The zero-order chi connectivity index (χ0) is 13.6. The summed E-state index contributed by atoms with van der Waals surface area (Å²) in [4.78, 5) is 23.0. The molecular formula is C16H26O2. The first-order chi connectivity index (χ1) is 8.54. The maximum Gasteiger partial charge on any atom is 0.139 e. The van der Waals surface area contributed by atoms with Gasteiger partial charge in [-0.2, -0.15) is 0 Å². The van der Waals surface area contributed by atoms with E-state index in [0.29, 0.717) is 6.42 Å². The molecule has 18 heavy (non-hydrogen) atoms. The lowest BCUT2D eigenvalue weighted by atomic mass is 9.76. The maximum absolute atomic E-state index is 11.9. The van der Waals surface area contributed by atoms with Gasteiger partial charge in [-0.25, -0.2) is 0 Å². The summed E-state index contributed by atoms with van der Waals surface area (Å²) in [5.41, 5.74) is 1.01. The molecule has 1 fully saturated rings. The summed E-state index contributed by atoms with van der Waals surface area (Å²) in [7, 11) is 0. The van der Waals surface area contributed by atoms with Gasteiger partial charge in [-0.15, -0.1) is 0 Å². The van der Waals surface area contributed by atoms with Crippen molar-refractivity contribution >= 4 is 12.1 Å². The Bertz CT molecular complexity index is 330. The Hall–Kier alpha value is -0.920. The maximum atomic E-state index is 11.9. The highest BCUT2D eigenvalue weighted by Crippen LogP contribution is 2.42. The molecular weight excluding hydrogens is 224 g/mol. The van der Waals surface area contributed by atoms with Gasteiger partial charge in [0.1, 0.15) is 12.1 Å². The number of unbranched alkanes of at least 4 members (excludes halogenated alkanes) is 1. The van der Waals surface area contributed by atoms with Crippen LogP contribution in [0.4, 0.5) is 0 Å². The van der Waals surface area contributed by atoms with Crippen LogP contribution in [0.3, 0.4) is 0 Å². The molecule has 0 N–H and O–H groups in total. The molecule has 0 radical (unpaired) electrons. The van der Waals surface area contributed by atoms with Crippen LogP contribution in [0.2, 0.25) is 0 Å². The number of rotatable bonds is 7. The first kappa shape index (κ1) is 15.1. The first-order valence-corrected chi connectivity index (χ1v) is 7.18. The molecule has 1 aliphatic carbocycles. The lowest BCUT2D eigenvalue weighted by molar-refractivity contribution is -0.129. The van der Waals surface area contributed by atoms with Crippen molar-refractivity contribution in [1.82, 2.24) is 0 Å². The van der Waals surface area contributed by atoms with Crippen LogP contribution in [0, 0.1) is 11.3 Å². The second-order valence-corrected chi connectivity index (χ2v) is 5.81. The van der Waals surface area contributed by atoms with Crippen molar-refractivity contribution in [3.63, 3.8) is 0 Å². The molecule has 0 saturated heterocycles. The molecule has 2 atom stereocenters. The number of carbonyl (C=O) groups excluding carboxylic acids is 2. The summed E-state index contributed by atoms with van der Waals surface area (Å²) >= 11 is 0. The fraction of sp³-hybridized carbons (Fsp3) is 0.750. The number of ketones is 1. The highest BCUT2D eigenvalue weighted by Gasteiger charge is 2.44. The van der Waals surface area contributed by atoms with E-state index in [0.717, 1.165) is 32.0 Å². The molecule has 0 heterocycles. The lowest BCUT2D eigenvalue weighted by Crippen LogP contribution is -2.29. The monoisotopic (exact) mass is 250 g/mol. The normalized spacial score (nSPS) is 28.7. The zero-order valence-electron chi connectivity index (χ0n) is 12.0. The molecule has 0 spiro atoms. The Kier molecular flexibility index (Phi) is 5.77. The van der Waals surface area contributed by atoms with Gasteiger partial charge in [-0.05, 0) is 39.0 Å². The van der Waals surface area contributed by atoms with E-state index in [1.807, 2.05) is 6.92 Å². The van der Waals surface area contributed by atoms with Gasteiger partial charge in [0.15, 0.2) is 0 Å². The molecule has 0 aromatic heterocycles. The smallest absolute Gasteiger partial charge is 0.139 e. The summed E-state index contributed by atoms with van der Waals surface area (Å²) in [6, 6.07) is 0. The lowest BCUT2D eigenvalue weighted by Gasteiger charge is -2.25. The summed E-state index contributed by atoms with van der Waals surface area (Å²) in [5, 5.41) is 0. The third kappa shape index (κ3) is 3.54. The van der Waals surface area contributed by atoms with Crippen LogP contribution < -0.4 is 0 Å². The van der Waals surface area contributed by atoms with Gasteiger partial charge in [-0.3, -0.25) is 4.79 Å². The van der Waals surface area contributed by atoms with Crippen molar-refractivity contribution in [2.45, 2.75) is 65.7 Å². The number of aldehydes is 1.